The van der Waals surface area contributed by atoms with Gasteiger partial charge in [0.15, 0.2) is 15.0 Å². The van der Waals surface area contributed by atoms with E-state index in [0.717, 1.165) is 4.70 Å². The van der Waals surface area contributed by atoms with Crippen molar-refractivity contribution < 1.29 is 22.7 Å². The minimum Gasteiger partial charge on any atom is -0.497 e. The molecule has 0 saturated heterocycles. The van der Waals surface area contributed by atoms with Gasteiger partial charge in [0.1, 0.15) is 17.0 Å². The molecule has 0 aliphatic carbocycles. The molecule has 0 aliphatic rings. The fourth-order valence-corrected chi connectivity index (χ4v) is 5.33. The standard InChI is InChI=1S/C22H27N3O5S2/c1-24(2)13-14-25(22-23-21-18(30-4)6-5-7-19(21)31-22)20(26)12-15-32(27,28)17-10-8-16(29-3)9-11-17/h5-11H,12-15H2,1-4H3. The van der Waals surface area contributed by atoms with Crippen molar-refractivity contribution in [2.45, 2.75) is 11.3 Å². The molecular weight excluding hydrogens is 450 g/mol. The zero-order valence-electron chi connectivity index (χ0n) is 18.6. The van der Waals surface area contributed by atoms with Gasteiger partial charge in [0.2, 0.25) is 5.91 Å². The van der Waals surface area contributed by atoms with Crippen molar-refractivity contribution in [3.63, 3.8) is 0 Å². The number of thiazole rings is 1. The van der Waals surface area contributed by atoms with Crippen molar-refractivity contribution in [3.05, 3.63) is 42.5 Å². The lowest BCUT2D eigenvalue weighted by Gasteiger charge is -2.22. The SMILES string of the molecule is COc1ccc(S(=O)(=O)CCC(=O)N(CCN(C)C)c2nc3c(OC)cccc3s2)cc1. The summed E-state index contributed by atoms with van der Waals surface area (Å²) in [5, 5.41) is 0.526. The average Bonchev–Trinajstić information content (AvgIpc) is 3.21. The zero-order chi connectivity index (χ0) is 23.3. The summed E-state index contributed by atoms with van der Waals surface area (Å²) in [6.07, 6.45) is -0.144. The molecule has 0 atom stereocenters. The molecule has 0 spiro atoms. The molecule has 0 bridgehead atoms. The molecule has 3 aromatic rings. The van der Waals surface area contributed by atoms with Crippen molar-refractivity contribution in [1.29, 1.82) is 0 Å². The molecular formula is C22H27N3O5S2. The van der Waals surface area contributed by atoms with E-state index in [2.05, 4.69) is 4.98 Å². The topological polar surface area (TPSA) is 89.0 Å². The van der Waals surface area contributed by atoms with Crippen molar-refractivity contribution in [2.75, 3.05) is 52.1 Å². The van der Waals surface area contributed by atoms with Crippen LogP contribution in [0, 0.1) is 0 Å². The van der Waals surface area contributed by atoms with E-state index >= 15 is 0 Å². The molecule has 32 heavy (non-hydrogen) atoms. The first kappa shape index (κ1) is 24.0. The Balaban J connectivity index is 1.81. The lowest BCUT2D eigenvalue weighted by atomic mass is 10.3. The number of para-hydroxylation sites is 1. The van der Waals surface area contributed by atoms with Gasteiger partial charge in [-0.2, -0.15) is 0 Å². The molecule has 0 fully saturated rings. The summed E-state index contributed by atoms with van der Waals surface area (Å²) in [5.74, 6) is 0.625. The normalized spacial score (nSPS) is 11.7. The van der Waals surface area contributed by atoms with Gasteiger partial charge in [-0.3, -0.25) is 9.69 Å². The van der Waals surface area contributed by atoms with E-state index in [9.17, 15) is 13.2 Å². The summed E-state index contributed by atoms with van der Waals surface area (Å²) in [6, 6.07) is 11.8. The zero-order valence-corrected chi connectivity index (χ0v) is 20.2. The monoisotopic (exact) mass is 477 g/mol. The Morgan fingerprint density at radius 1 is 1.03 bits per heavy atom. The Morgan fingerprint density at radius 2 is 1.75 bits per heavy atom. The van der Waals surface area contributed by atoms with E-state index in [4.69, 9.17) is 9.47 Å². The molecule has 0 saturated carbocycles. The first-order valence-electron chi connectivity index (χ1n) is 10.0. The molecule has 2 aromatic carbocycles. The second kappa shape index (κ2) is 10.3. The minimum absolute atomic E-state index is 0.144. The van der Waals surface area contributed by atoms with E-state index in [1.165, 1.54) is 30.6 Å². The van der Waals surface area contributed by atoms with Crippen molar-refractivity contribution in [2.24, 2.45) is 0 Å². The first-order chi connectivity index (χ1) is 15.2. The second-order valence-corrected chi connectivity index (χ2v) is 10.5. The highest BCUT2D eigenvalue weighted by Crippen LogP contribution is 2.34. The largest absolute Gasteiger partial charge is 0.497 e. The maximum Gasteiger partial charge on any atom is 0.229 e. The number of hydrogen-bond acceptors (Lipinski definition) is 8. The highest BCUT2D eigenvalue weighted by atomic mass is 32.2. The van der Waals surface area contributed by atoms with Gasteiger partial charge in [0.05, 0.1) is 29.6 Å². The number of likely N-dealkylation sites (N-methyl/N-ethyl adjacent to an activating group) is 1. The number of carbonyl (C=O) groups is 1. The van der Waals surface area contributed by atoms with Gasteiger partial charge in [-0.05, 0) is 50.5 Å². The number of fused-ring (bicyclic) bond motifs is 1. The van der Waals surface area contributed by atoms with E-state index in [-0.39, 0.29) is 23.0 Å². The minimum atomic E-state index is -3.61. The number of rotatable bonds is 10. The molecule has 3 rings (SSSR count). The number of benzene rings is 2. The number of amides is 1. The Hall–Kier alpha value is -2.69. The number of nitrogens with zero attached hydrogens (tertiary/aromatic N) is 3. The Bertz CT molecular complexity index is 1170. The number of methoxy groups -OCH3 is 2. The van der Waals surface area contributed by atoms with Crippen LogP contribution >= 0.6 is 11.3 Å². The summed E-state index contributed by atoms with van der Waals surface area (Å²) in [5.41, 5.74) is 0.684. The second-order valence-electron chi connectivity index (χ2n) is 7.40. The van der Waals surface area contributed by atoms with Crippen LogP contribution < -0.4 is 14.4 Å². The van der Waals surface area contributed by atoms with Crippen LogP contribution in [0.5, 0.6) is 11.5 Å². The maximum atomic E-state index is 13.1. The summed E-state index contributed by atoms with van der Waals surface area (Å²) in [6.45, 7) is 1.01. The number of ether oxygens (including phenoxy) is 2. The van der Waals surface area contributed by atoms with Crippen LogP contribution in [0.4, 0.5) is 5.13 Å². The third-order valence-electron chi connectivity index (χ3n) is 4.90. The average molecular weight is 478 g/mol. The molecule has 1 amide bonds. The van der Waals surface area contributed by atoms with Crippen LogP contribution in [-0.2, 0) is 14.6 Å². The van der Waals surface area contributed by atoms with Crippen LogP contribution in [0.3, 0.4) is 0 Å². The number of hydrogen-bond donors (Lipinski definition) is 0. The van der Waals surface area contributed by atoms with E-state index in [0.29, 0.717) is 35.2 Å². The molecule has 0 aliphatic heterocycles. The molecule has 0 radical (unpaired) electrons. The maximum absolute atomic E-state index is 13.1. The van der Waals surface area contributed by atoms with Crippen molar-refractivity contribution in [1.82, 2.24) is 9.88 Å². The van der Waals surface area contributed by atoms with E-state index in [1.54, 1.807) is 24.1 Å². The van der Waals surface area contributed by atoms with Crippen LogP contribution in [0.15, 0.2) is 47.4 Å². The number of carbonyl (C=O) groups excluding carboxylic acids is 1. The molecule has 10 heteroatoms. The fourth-order valence-electron chi connectivity index (χ4n) is 3.08. The van der Waals surface area contributed by atoms with Gasteiger partial charge in [0, 0.05) is 19.5 Å². The van der Waals surface area contributed by atoms with E-state index < -0.39 is 9.84 Å². The van der Waals surface area contributed by atoms with Gasteiger partial charge >= 0.3 is 0 Å². The summed E-state index contributed by atoms with van der Waals surface area (Å²) < 4.78 is 36.8. The highest BCUT2D eigenvalue weighted by Gasteiger charge is 2.24. The third kappa shape index (κ3) is 5.56. The van der Waals surface area contributed by atoms with Gasteiger partial charge in [-0.1, -0.05) is 17.4 Å². The van der Waals surface area contributed by atoms with E-state index in [1.807, 2.05) is 37.2 Å². The predicted octanol–water partition coefficient (Wildman–Crippen LogP) is 3.07. The van der Waals surface area contributed by atoms with Crippen LogP contribution in [0.25, 0.3) is 10.2 Å². The number of aromatic nitrogens is 1. The summed E-state index contributed by atoms with van der Waals surface area (Å²) >= 11 is 1.38. The molecule has 1 heterocycles. The van der Waals surface area contributed by atoms with Crippen LogP contribution in [0.2, 0.25) is 0 Å². The quantitative estimate of drug-likeness (QED) is 0.443. The lowest BCUT2D eigenvalue weighted by Crippen LogP contribution is -2.37. The third-order valence-corrected chi connectivity index (χ3v) is 7.67. The summed E-state index contributed by atoms with van der Waals surface area (Å²) in [4.78, 5) is 21.4. The lowest BCUT2D eigenvalue weighted by molar-refractivity contribution is -0.118. The van der Waals surface area contributed by atoms with Gasteiger partial charge in [-0.25, -0.2) is 13.4 Å². The molecule has 172 valence electrons. The van der Waals surface area contributed by atoms with Crippen LogP contribution in [-0.4, -0.2) is 71.4 Å². The summed E-state index contributed by atoms with van der Waals surface area (Å²) in [7, 11) is 3.31. The fraction of sp³-hybridized carbons (Fsp3) is 0.364. The van der Waals surface area contributed by atoms with Gasteiger partial charge in [0.25, 0.3) is 0 Å². The van der Waals surface area contributed by atoms with Crippen LogP contribution in [0.1, 0.15) is 6.42 Å². The Kier molecular flexibility index (Phi) is 7.70. The molecule has 0 unspecified atom stereocenters. The number of sulfone groups is 1. The first-order valence-corrected chi connectivity index (χ1v) is 12.5. The molecule has 1 aromatic heterocycles. The molecule has 0 N–H and O–H groups in total. The van der Waals surface area contributed by atoms with Crippen molar-refractivity contribution in [3.8, 4) is 11.5 Å². The Labute approximate surface area is 192 Å². The number of anilines is 1. The van der Waals surface area contributed by atoms with Crippen molar-refractivity contribution >= 4 is 42.4 Å². The highest BCUT2D eigenvalue weighted by molar-refractivity contribution is 7.91. The van der Waals surface area contributed by atoms with Gasteiger partial charge in [-0.15, -0.1) is 0 Å². The Morgan fingerprint density at radius 3 is 2.38 bits per heavy atom. The van der Waals surface area contributed by atoms with Gasteiger partial charge < -0.3 is 14.4 Å². The predicted molar refractivity (Wildman–Crippen MR) is 127 cm³/mol. The smallest absolute Gasteiger partial charge is 0.229 e. The molecule has 8 nitrogen and oxygen atoms in total.